The second kappa shape index (κ2) is 7.50. The van der Waals surface area contributed by atoms with E-state index in [2.05, 4.69) is 5.32 Å². The highest BCUT2D eigenvalue weighted by Gasteiger charge is 2.20. The molecule has 0 heterocycles. The molecule has 1 amide bonds. The Labute approximate surface area is 140 Å². The van der Waals surface area contributed by atoms with Gasteiger partial charge in [0.2, 0.25) is 0 Å². The van der Waals surface area contributed by atoms with Crippen LogP contribution in [0.5, 0.6) is 11.5 Å². The van der Waals surface area contributed by atoms with Crippen LogP contribution in [0.1, 0.15) is 22.8 Å². The molecule has 0 aliphatic heterocycles. The van der Waals surface area contributed by atoms with Crippen molar-refractivity contribution in [2.45, 2.75) is 20.0 Å². The van der Waals surface area contributed by atoms with Crippen molar-refractivity contribution < 1.29 is 24.2 Å². The standard InChI is InChI=1S/C18H19NO5/c1-11-8-9-13(10-15(11)20)18(22)24-12(2)17(21)19-14-6-4-5-7-16(14)23-3/h4-10,12,20H,1-3H3,(H,19,21)/t12-/m0/s1. The molecule has 2 aromatic rings. The number of ether oxygens (including phenoxy) is 2. The number of benzene rings is 2. The molecule has 0 saturated carbocycles. The van der Waals surface area contributed by atoms with Crippen LogP contribution in [0.2, 0.25) is 0 Å². The van der Waals surface area contributed by atoms with Crippen LogP contribution in [0.3, 0.4) is 0 Å². The molecule has 0 spiro atoms. The Bertz CT molecular complexity index is 757. The quantitative estimate of drug-likeness (QED) is 0.824. The summed E-state index contributed by atoms with van der Waals surface area (Å²) < 4.78 is 10.3. The van der Waals surface area contributed by atoms with E-state index in [1.165, 1.54) is 26.2 Å². The Balaban J connectivity index is 2.03. The van der Waals surface area contributed by atoms with E-state index >= 15 is 0 Å². The Morgan fingerprint density at radius 1 is 1.17 bits per heavy atom. The van der Waals surface area contributed by atoms with Crippen molar-refractivity contribution in [3.05, 3.63) is 53.6 Å². The number of aryl methyl sites for hydroxylation is 1. The Morgan fingerprint density at radius 2 is 1.88 bits per heavy atom. The lowest BCUT2D eigenvalue weighted by Crippen LogP contribution is -2.30. The van der Waals surface area contributed by atoms with E-state index in [0.717, 1.165) is 0 Å². The number of nitrogens with one attached hydrogen (secondary N) is 1. The van der Waals surface area contributed by atoms with Gasteiger partial charge in [0, 0.05) is 0 Å². The second-order valence-corrected chi connectivity index (χ2v) is 5.24. The second-order valence-electron chi connectivity index (χ2n) is 5.24. The highest BCUT2D eigenvalue weighted by molar-refractivity contribution is 5.98. The van der Waals surface area contributed by atoms with Crippen LogP contribution in [-0.4, -0.2) is 30.2 Å². The summed E-state index contributed by atoms with van der Waals surface area (Å²) in [5.41, 5.74) is 1.31. The van der Waals surface area contributed by atoms with Crippen molar-refractivity contribution in [3.63, 3.8) is 0 Å². The van der Waals surface area contributed by atoms with Crippen molar-refractivity contribution in [2.75, 3.05) is 12.4 Å². The third-order valence-corrected chi connectivity index (χ3v) is 3.46. The summed E-state index contributed by atoms with van der Waals surface area (Å²) in [7, 11) is 1.50. The third kappa shape index (κ3) is 4.04. The fourth-order valence-corrected chi connectivity index (χ4v) is 2.00. The average molecular weight is 329 g/mol. The van der Waals surface area contributed by atoms with E-state index in [-0.39, 0.29) is 11.3 Å². The maximum atomic E-state index is 12.2. The number of phenolic OH excluding ortho intramolecular Hbond substituents is 1. The van der Waals surface area contributed by atoms with Crippen LogP contribution < -0.4 is 10.1 Å². The number of phenols is 1. The molecule has 24 heavy (non-hydrogen) atoms. The molecular formula is C18H19NO5. The van der Waals surface area contributed by atoms with Crippen molar-refractivity contribution in [3.8, 4) is 11.5 Å². The van der Waals surface area contributed by atoms with Crippen molar-refractivity contribution in [1.82, 2.24) is 0 Å². The number of methoxy groups -OCH3 is 1. The summed E-state index contributed by atoms with van der Waals surface area (Å²) in [5.74, 6) is -0.666. The number of carbonyl (C=O) groups excluding carboxylic acids is 2. The summed E-state index contributed by atoms with van der Waals surface area (Å²) in [4.78, 5) is 24.2. The van der Waals surface area contributed by atoms with Gasteiger partial charge in [-0.05, 0) is 43.7 Å². The molecule has 0 unspecified atom stereocenters. The van der Waals surface area contributed by atoms with E-state index in [9.17, 15) is 14.7 Å². The Kier molecular flexibility index (Phi) is 5.42. The van der Waals surface area contributed by atoms with Gasteiger partial charge in [-0.3, -0.25) is 4.79 Å². The van der Waals surface area contributed by atoms with E-state index in [1.54, 1.807) is 37.3 Å². The number of para-hydroxylation sites is 2. The molecule has 126 valence electrons. The minimum Gasteiger partial charge on any atom is -0.508 e. The molecule has 0 aromatic heterocycles. The van der Waals surface area contributed by atoms with Gasteiger partial charge in [0.15, 0.2) is 6.10 Å². The van der Waals surface area contributed by atoms with Crippen molar-refractivity contribution in [2.24, 2.45) is 0 Å². The molecule has 0 radical (unpaired) electrons. The van der Waals surface area contributed by atoms with E-state index in [0.29, 0.717) is 17.0 Å². The average Bonchev–Trinajstić information content (AvgIpc) is 2.57. The number of aromatic hydroxyl groups is 1. The molecule has 0 saturated heterocycles. The lowest BCUT2D eigenvalue weighted by molar-refractivity contribution is -0.123. The molecule has 2 aromatic carbocycles. The van der Waals surface area contributed by atoms with Crippen LogP contribution in [0.25, 0.3) is 0 Å². The van der Waals surface area contributed by atoms with E-state index in [4.69, 9.17) is 9.47 Å². The van der Waals surface area contributed by atoms with Gasteiger partial charge >= 0.3 is 5.97 Å². The predicted octanol–water partition coefficient (Wildman–Crippen LogP) is 2.89. The zero-order valence-corrected chi connectivity index (χ0v) is 13.7. The molecule has 1 atom stereocenters. The molecule has 0 aliphatic rings. The van der Waals surface area contributed by atoms with Gasteiger partial charge < -0.3 is 19.9 Å². The van der Waals surface area contributed by atoms with Gasteiger partial charge in [-0.1, -0.05) is 18.2 Å². The highest BCUT2D eigenvalue weighted by atomic mass is 16.5. The van der Waals surface area contributed by atoms with Crippen LogP contribution >= 0.6 is 0 Å². The number of hydrogen-bond acceptors (Lipinski definition) is 5. The zero-order chi connectivity index (χ0) is 17.7. The molecule has 0 aliphatic carbocycles. The Morgan fingerprint density at radius 3 is 2.54 bits per heavy atom. The first kappa shape index (κ1) is 17.3. The number of esters is 1. The molecular weight excluding hydrogens is 310 g/mol. The van der Waals surface area contributed by atoms with Crippen LogP contribution in [0.15, 0.2) is 42.5 Å². The van der Waals surface area contributed by atoms with Gasteiger partial charge in [0.1, 0.15) is 11.5 Å². The molecule has 2 rings (SSSR count). The predicted molar refractivity (Wildman–Crippen MR) is 89.3 cm³/mol. The fraction of sp³-hybridized carbons (Fsp3) is 0.222. The number of anilines is 1. The third-order valence-electron chi connectivity index (χ3n) is 3.46. The van der Waals surface area contributed by atoms with Gasteiger partial charge in [0.25, 0.3) is 5.91 Å². The number of amides is 1. The minimum absolute atomic E-state index is 0.00410. The zero-order valence-electron chi connectivity index (χ0n) is 13.7. The first-order valence-electron chi connectivity index (χ1n) is 7.37. The molecule has 6 heteroatoms. The molecule has 0 bridgehead atoms. The summed E-state index contributed by atoms with van der Waals surface area (Å²) in [6.45, 7) is 3.18. The number of carbonyl (C=O) groups is 2. The van der Waals surface area contributed by atoms with Crippen LogP contribution in [0.4, 0.5) is 5.69 Å². The first-order chi connectivity index (χ1) is 11.4. The van der Waals surface area contributed by atoms with E-state index < -0.39 is 18.0 Å². The SMILES string of the molecule is COc1ccccc1NC(=O)[C@H](C)OC(=O)c1ccc(C)c(O)c1. The maximum Gasteiger partial charge on any atom is 0.339 e. The van der Waals surface area contributed by atoms with Crippen LogP contribution in [-0.2, 0) is 9.53 Å². The van der Waals surface area contributed by atoms with Crippen LogP contribution in [0, 0.1) is 6.92 Å². The van der Waals surface area contributed by atoms with Gasteiger partial charge in [-0.25, -0.2) is 4.79 Å². The maximum absolute atomic E-state index is 12.2. The van der Waals surface area contributed by atoms with Gasteiger partial charge in [-0.2, -0.15) is 0 Å². The highest BCUT2D eigenvalue weighted by Crippen LogP contribution is 2.23. The normalized spacial score (nSPS) is 11.5. The summed E-state index contributed by atoms with van der Waals surface area (Å²) in [6.07, 6.45) is -1.01. The lowest BCUT2D eigenvalue weighted by atomic mass is 10.1. The Hall–Kier alpha value is -3.02. The molecule has 2 N–H and O–H groups in total. The van der Waals surface area contributed by atoms with E-state index in [1.807, 2.05) is 0 Å². The smallest absolute Gasteiger partial charge is 0.339 e. The summed E-state index contributed by atoms with van der Waals surface area (Å²) in [6, 6.07) is 11.4. The monoisotopic (exact) mass is 329 g/mol. The number of rotatable bonds is 5. The largest absolute Gasteiger partial charge is 0.508 e. The summed E-state index contributed by atoms with van der Waals surface area (Å²) in [5, 5.41) is 12.3. The van der Waals surface area contributed by atoms with Gasteiger partial charge in [0.05, 0.1) is 18.4 Å². The fourth-order valence-electron chi connectivity index (χ4n) is 2.00. The minimum atomic E-state index is -1.01. The number of hydrogen-bond donors (Lipinski definition) is 2. The topological polar surface area (TPSA) is 84.9 Å². The van der Waals surface area contributed by atoms with Crippen molar-refractivity contribution in [1.29, 1.82) is 0 Å². The van der Waals surface area contributed by atoms with Gasteiger partial charge in [-0.15, -0.1) is 0 Å². The first-order valence-corrected chi connectivity index (χ1v) is 7.37. The molecule has 0 fully saturated rings. The molecule has 6 nitrogen and oxygen atoms in total. The summed E-state index contributed by atoms with van der Waals surface area (Å²) >= 11 is 0. The van der Waals surface area contributed by atoms with Crippen molar-refractivity contribution >= 4 is 17.6 Å². The lowest BCUT2D eigenvalue weighted by Gasteiger charge is -2.15.